The van der Waals surface area contributed by atoms with E-state index in [4.69, 9.17) is 0 Å². The molecule has 0 spiro atoms. The molecule has 0 aliphatic rings. The van der Waals surface area contributed by atoms with E-state index >= 15 is 0 Å². The maximum Gasteiger partial charge on any atom is 0.160 e. The van der Waals surface area contributed by atoms with Crippen LogP contribution >= 0.6 is 0 Å². The second-order valence-electron chi connectivity index (χ2n) is 2.44. The van der Waals surface area contributed by atoms with Crippen LogP contribution < -0.4 is 0 Å². The highest BCUT2D eigenvalue weighted by atomic mass is 16.1. The SMILES string of the molecule is C=C(C)/C(=C/C=C\C)C(C)=O. The quantitative estimate of drug-likeness (QED) is 0.446. The highest BCUT2D eigenvalue weighted by Crippen LogP contribution is 2.07. The van der Waals surface area contributed by atoms with Gasteiger partial charge in [0, 0.05) is 5.57 Å². The minimum Gasteiger partial charge on any atom is -0.295 e. The summed E-state index contributed by atoms with van der Waals surface area (Å²) in [5, 5.41) is 0. The van der Waals surface area contributed by atoms with Crippen LogP contribution in [-0.2, 0) is 4.79 Å². The summed E-state index contributed by atoms with van der Waals surface area (Å²) < 4.78 is 0. The van der Waals surface area contributed by atoms with E-state index in [1.165, 1.54) is 0 Å². The molecule has 0 rings (SSSR count). The van der Waals surface area contributed by atoms with E-state index in [0.717, 1.165) is 5.57 Å². The Balaban J connectivity index is 4.60. The van der Waals surface area contributed by atoms with Crippen molar-refractivity contribution in [2.24, 2.45) is 0 Å². The Morgan fingerprint density at radius 3 is 2.18 bits per heavy atom. The van der Waals surface area contributed by atoms with Gasteiger partial charge in [0.15, 0.2) is 5.78 Å². The number of hydrogen-bond donors (Lipinski definition) is 0. The van der Waals surface area contributed by atoms with E-state index in [9.17, 15) is 4.79 Å². The summed E-state index contributed by atoms with van der Waals surface area (Å²) in [6, 6.07) is 0. The third-order valence-corrected chi connectivity index (χ3v) is 1.29. The molecule has 60 valence electrons. The second-order valence-corrected chi connectivity index (χ2v) is 2.44. The monoisotopic (exact) mass is 150 g/mol. The minimum absolute atomic E-state index is 0.0654. The van der Waals surface area contributed by atoms with Gasteiger partial charge >= 0.3 is 0 Å². The van der Waals surface area contributed by atoms with Gasteiger partial charge in [0.2, 0.25) is 0 Å². The predicted molar refractivity (Wildman–Crippen MR) is 48.4 cm³/mol. The van der Waals surface area contributed by atoms with E-state index in [0.29, 0.717) is 5.57 Å². The lowest BCUT2D eigenvalue weighted by molar-refractivity contribution is -0.113. The molecule has 0 saturated heterocycles. The summed E-state index contributed by atoms with van der Waals surface area (Å²) in [7, 11) is 0. The molecule has 0 amide bonds. The normalized spacial score (nSPS) is 12.1. The lowest BCUT2D eigenvalue weighted by Gasteiger charge is -1.98. The Labute approximate surface area is 68.1 Å². The minimum atomic E-state index is 0.0654. The van der Waals surface area contributed by atoms with Crippen LogP contribution in [0.5, 0.6) is 0 Å². The first-order valence-corrected chi connectivity index (χ1v) is 3.59. The number of carbonyl (C=O) groups excluding carboxylic acids is 1. The summed E-state index contributed by atoms with van der Waals surface area (Å²) in [6.07, 6.45) is 5.50. The van der Waals surface area contributed by atoms with Crippen molar-refractivity contribution in [3.63, 3.8) is 0 Å². The summed E-state index contributed by atoms with van der Waals surface area (Å²) in [6.45, 7) is 8.99. The molecule has 1 heteroatoms. The smallest absolute Gasteiger partial charge is 0.160 e. The molecule has 0 aromatic heterocycles. The predicted octanol–water partition coefficient (Wildman–Crippen LogP) is 2.65. The fourth-order valence-electron chi connectivity index (χ4n) is 0.753. The highest BCUT2D eigenvalue weighted by molar-refractivity contribution is 5.97. The molecule has 0 fully saturated rings. The van der Waals surface area contributed by atoms with Crippen LogP contribution in [0.15, 0.2) is 36.0 Å². The molecule has 0 bridgehead atoms. The van der Waals surface area contributed by atoms with E-state index < -0.39 is 0 Å². The molecule has 0 aromatic carbocycles. The number of Topliss-reactive ketones (excluding diaryl/α,β-unsaturated/α-hetero) is 1. The lowest BCUT2D eigenvalue weighted by atomic mass is 10.1. The Bertz CT molecular complexity index is 203. The van der Waals surface area contributed by atoms with Gasteiger partial charge in [0.25, 0.3) is 0 Å². The topological polar surface area (TPSA) is 17.1 Å². The summed E-state index contributed by atoms with van der Waals surface area (Å²) in [5.74, 6) is 0.0654. The molecule has 0 radical (unpaired) electrons. The van der Waals surface area contributed by atoms with Crippen LogP contribution in [-0.4, -0.2) is 5.78 Å². The van der Waals surface area contributed by atoms with E-state index in [2.05, 4.69) is 6.58 Å². The van der Waals surface area contributed by atoms with Crippen LogP contribution in [0.3, 0.4) is 0 Å². The number of rotatable bonds is 3. The van der Waals surface area contributed by atoms with Crippen molar-refractivity contribution < 1.29 is 4.79 Å². The number of hydrogen-bond acceptors (Lipinski definition) is 1. The Morgan fingerprint density at radius 2 is 1.91 bits per heavy atom. The third kappa shape index (κ3) is 3.56. The Kier molecular flexibility index (Phi) is 4.20. The average molecular weight is 150 g/mol. The summed E-state index contributed by atoms with van der Waals surface area (Å²) >= 11 is 0. The van der Waals surface area contributed by atoms with Crippen molar-refractivity contribution in [3.8, 4) is 0 Å². The van der Waals surface area contributed by atoms with Crippen molar-refractivity contribution in [3.05, 3.63) is 36.0 Å². The van der Waals surface area contributed by atoms with Gasteiger partial charge in [0.1, 0.15) is 0 Å². The molecule has 0 aromatic rings. The zero-order valence-corrected chi connectivity index (χ0v) is 7.35. The van der Waals surface area contributed by atoms with E-state index in [1.54, 1.807) is 13.0 Å². The first kappa shape index (κ1) is 9.89. The van der Waals surface area contributed by atoms with Gasteiger partial charge in [-0.25, -0.2) is 0 Å². The Morgan fingerprint density at radius 1 is 1.36 bits per heavy atom. The van der Waals surface area contributed by atoms with Gasteiger partial charge in [-0.2, -0.15) is 0 Å². The van der Waals surface area contributed by atoms with Gasteiger partial charge in [-0.3, -0.25) is 4.79 Å². The molecule has 0 aliphatic heterocycles. The largest absolute Gasteiger partial charge is 0.295 e. The zero-order valence-electron chi connectivity index (χ0n) is 7.35. The van der Waals surface area contributed by atoms with Gasteiger partial charge < -0.3 is 0 Å². The molecule has 0 unspecified atom stereocenters. The van der Waals surface area contributed by atoms with Crippen molar-refractivity contribution in [1.29, 1.82) is 0 Å². The van der Waals surface area contributed by atoms with Crippen LogP contribution in [0.25, 0.3) is 0 Å². The van der Waals surface area contributed by atoms with Crippen molar-refractivity contribution >= 4 is 5.78 Å². The maximum absolute atomic E-state index is 10.9. The third-order valence-electron chi connectivity index (χ3n) is 1.29. The summed E-state index contributed by atoms with van der Waals surface area (Å²) in [4.78, 5) is 10.9. The molecular formula is C10H14O. The summed E-state index contributed by atoms with van der Waals surface area (Å²) in [5.41, 5.74) is 1.51. The fraction of sp³-hybridized carbons (Fsp3) is 0.300. The molecule has 0 N–H and O–H groups in total. The van der Waals surface area contributed by atoms with Gasteiger partial charge in [-0.15, -0.1) is 0 Å². The van der Waals surface area contributed by atoms with E-state index in [1.807, 2.05) is 26.0 Å². The highest BCUT2D eigenvalue weighted by Gasteiger charge is 2.01. The van der Waals surface area contributed by atoms with Crippen molar-refractivity contribution in [2.75, 3.05) is 0 Å². The van der Waals surface area contributed by atoms with Crippen molar-refractivity contribution in [1.82, 2.24) is 0 Å². The molecule has 1 nitrogen and oxygen atoms in total. The Hall–Kier alpha value is -1.11. The lowest BCUT2D eigenvalue weighted by Crippen LogP contribution is -1.96. The molecule has 11 heavy (non-hydrogen) atoms. The fourth-order valence-corrected chi connectivity index (χ4v) is 0.753. The van der Waals surface area contributed by atoms with Crippen LogP contribution in [0.1, 0.15) is 20.8 Å². The molecule has 0 heterocycles. The molecule has 0 saturated carbocycles. The van der Waals surface area contributed by atoms with Crippen molar-refractivity contribution in [2.45, 2.75) is 20.8 Å². The first-order chi connectivity index (χ1) is 5.09. The van der Waals surface area contributed by atoms with Gasteiger partial charge in [0.05, 0.1) is 0 Å². The second kappa shape index (κ2) is 4.67. The standard InChI is InChI=1S/C10H14O/c1-5-6-7-10(8(2)3)9(4)11/h5-7H,2H2,1,3-4H3/b6-5-,10-7-. The number of carbonyl (C=O) groups is 1. The zero-order chi connectivity index (χ0) is 8.85. The van der Waals surface area contributed by atoms with Crippen LogP contribution in [0.4, 0.5) is 0 Å². The maximum atomic E-state index is 10.9. The molecular weight excluding hydrogens is 136 g/mol. The average Bonchev–Trinajstić information content (AvgIpc) is 1.87. The van der Waals surface area contributed by atoms with Gasteiger partial charge in [-0.1, -0.05) is 24.8 Å². The van der Waals surface area contributed by atoms with Gasteiger partial charge in [-0.05, 0) is 26.3 Å². The van der Waals surface area contributed by atoms with E-state index in [-0.39, 0.29) is 5.78 Å². The molecule has 0 atom stereocenters. The first-order valence-electron chi connectivity index (χ1n) is 3.59. The van der Waals surface area contributed by atoms with Crippen LogP contribution in [0.2, 0.25) is 0 Å². The number of ketones is 1. The molecule has 0 aliphatic carbocycles. The van der Waals surface area contributed by atoms with Crippen LogP contribution in [0, 0.1) is 0 Å². The number of allylic oxidation sites excluding steroid dienone is 5.